The fourth-order valence-corrected chi connectivity index (χ4v) is 2.22. The van der Waals surface area contributed by atoms with Crippen LogP contribution < -0.4 is 0 Å². The Hall–Kier alpha value is -0.0400. The molecule has 0 amide bonds. The van der Waals surface area contributed by atoms with Gasteiger partial charge >= 0.3 is 0 Å². The largest absolute Gasteiger partial charge is 0.298 e. The molecule has 0 heterocycles. The van der Waals surface area contributed by atoms with Crippen LogP contribution in [-0.2, 0) is 0 Å². The molecule has 0 saturated heterocycles. The highest BCUT2D eigenvalue weighted by atomic mass is 15.2. The molecule has 0 aromatic heterocycles. The van der Waals surface area contributed by atoms with E-state index in [4.69, 9.17) is 0 Å². The minimum atomic E-state index is 0.404. The van der Waals surface area contributed by atoms with Crippen LogP contribution >= 0.6 is 0 Å². The topological polar surface area (TPSA) is 3.24 Å². The first-order valence-electron chi connectivity index (χ1n) is 6.83. The summed E-state index contributed by atoms with van der Waals surface area (Å²) < 4.78 is 0. The lowest BCUT2D eigenvalue weighted by Gasteiger charge is -2.38. The van der Waals surface area contributed by atoms with Gasteiger partial charge in [-0.2, -0.15) is 0 Å². The molecule has 0 spiro atoms. The lowest BCUT2D eigenvalue weighted by atomic mass is 9.94. The van der Waals surface area contributed by atoms with Crippen molar-refractivity contribution in [2.75, 3.05) is 13.1 Å². The maximum Gasteiger partial charge on any atom is 0.0153 e. The van der Waals surface area contributed by atoms with Crippen LogP contribution in [0.2, 0.25) is 0 Å². The molecule has 0 radical (unpaired) electrons. The Morgan fingerprint density at radius 2 is 1.33 bits per heavy atom. The summed E-state index contributed by atoms with van der Waals surface area (Å²) in [4.78, 5) is 2.67. The molecule has 0 aliphatic heterocycles. The predicted octanol–water partition coefficient (Wildman–Crippen LogP) is 4.47. The summed E-state index contributed by atoms with van der Waals surface area (Å²) >= 11 is 0. The highest BCUT2D eigenvalue weighted by molar-refractivity contribution is 4.80. The molecule has 0 atom stereocenters. The van der Waals surface area contributed by atoms with E-state index in [1.54, 1.807) is 0 Å². The van der Waals surface area contributed by atoms with Gasteiger partial charge in [0.15, 0.2) is 0 Å². The van der Waals surface area contributed by atoms with Crippen LogP contribution in [-0.4, -0.2) is 23.5 Å². The van der Waals surface area contributed by atoms with Gasteiger partial charge < -0.3 is 0 Å². The van der Waals surface area contributed by atoms with Crippen molar-refractivity contribution in [3.63, 3.8) is 0 Å². The first kappa shape index (κ1) is 15.0. The number of nitrogens with zero attached hydrogens (tertiary/aromatic N) is 1. The van der Waals surface area contributed by atoms with Gasteiger partial charge in [-0.05, 0) is 46.2 Å². The molecule has 0 aromatic rings. The zero-order chi connectivity index (χ0) is 11.7. The average Bonchev–Trinajstić information content (AvgIpc) is 2.18. The summed E-state index contributed by atoms with van der Waals surface area (Å²) in [6.07, 6.45) is 8.00. The second-order valence-corrected chi connectivity index (χ2v) is 5.26. The summed E-state index contributed by atoms with van der Waals surface area (Å²) in [5.74, 6) is 0. The van der Waals surface area contributed by atoms with E-state index < -0.39 is 0 Å². The van der Waals surface area contributed by atoms with Crippen molar-refractivity contribution in [3.8, 4) is 0 Å². The van der Waals surface area contributed by atoms with Crippen molar-refractivity contribution in [2.24, 2.45) is 0 Å². The average molecular weight is 213 g/mol. The highest BCUT2D eigenvalue weighted by Gasteiger charge is 2.24. The third-order valence-electron chi connectivity index (χ3n) is 3.24. The normalized spacial score (nSPS) is 12.4. The third-order valence-corrected chi connectivity index (χ3v) is 3.24. The van der Waals surface area contributed by atoms with E-state index in [-0.39, 0.29) is 0 Å². The molecule has 1 heteroatoms. The molecule has 1 nitrogen and oxygen atoms in total. The molecular weight excluding hydrogens is 182 g/mol. The molecular formula is C14H31N. The number of hydrogen-bond donors (Lipinski definition) is 0. The molecule has 0 N–H and O–H groups in total. The lowest BCUT2D eigenvalue weighted by Crippen LogP contribution is -2.44. The third kappa shape index (κ3) is 6.19. The Morgan fingerprint density at radius 1 is 0.800 bits per heavy atom. The van der Waals surface area contributed by atoms with E-state index in [1.165, 1.54) is 51.6 Å². The van der Waals surface area contributed by atoms with Gasteiger partial charge in [0.05, 0.1) is 0 Å². The summed E-state index contributed by atoms with van der Waals surface area (Å²) in [7, 11) is 0. The molecule has 0 unspecified atom stereocenters. The molecule has 0 bridgehead atoms. The fraction of sp³-hybridized carbons (Fsp3) is 1.00. The van der Waals surface area contributed by atoms with Crippen LogP contribution in [0.4, 0.5) is 0 Å². The first-order valence-corrected chi connectivity index (χ1v) is 6.83. The number of unbranched alkanes of at least 4 members (excludes halogenated alkanes) is 2. The maximum absolute atomic E-state index is 2.67. The zero-order valence-electron chi connectivity index (χ0n) is 11.6. The van der Waals surface area contributed by atoms with Crippen LogP contribution in [0.5, 0.6) is 0 Å². The van der Waals surface area contributed by atoms with E-state index >= 15 is 0 Å². The predicted molar refractivity (Wildman–Crippen MR) is 70.4 cm³/mol. The van der Waals surface area contributed by atoms with Crippen molar-refractivity contribution >= 4 is 0 Å². The SMILES string of the molecule is CCCCCC(C)(C)N(CCC)CCC. The first-order chi connectivity index (χ1) is 7.08. The standard InChI is InChI=1S/C14H31N/c1-6-9-10-11-14(4,5)15(12-7-2)13-8-3/h6-13H2,1-5H3. The van der Waals surface area contributed by atoms with Crippen LogP contribution in [0.3, 0.4) is 0 Å². The van der Waals surface area contributed by atoms with Gasteiger partial charge in [-0.1, -0.05) is 40.0 Å². The Labute approximate surface area is 97.2 Å². The van der Waals surface area contributed by atoms with E-state index in [0.29, 0.717) is 5.54 Å². The van der Waals surface area contributed by atoms with E-state index in [1.807, 2.05) is 0 Å². The molecule has 0 fully saturated rings. The van der Waals surface area contributed by atoms with Gasteiger partial charge in [0, 0.05) is 5.54 Å². The minimum absolute atomic E-state index is 0.404. The van der Waals surface area contributed by atoms with Gasteiger partial charge in [-0.3, -0.25) is 4.90 Å². The Balaban J connectivity index is 4.08. The Morgan fingerprint density at radius 3 is 1.73 bits per heavy atom. The second-order valence-electron chi connectivity index (χ2n) is 5.26. The summed E-state index contributed by atoms with van der Waals surface area (Å²) in [6, 6.07) is 0. The molecule has 92 valence electrons. The monoisotopic (exact) mass is 213 g/mol. The van der Waals surface area contributed by atoms with Gasteiger partial charge in [0.2, 0.25) is 0 Å². The minimum Gasteiger partial charge on any atom is -0.298 e. The van der Waals surface area contributed by atoms with Crippen molar-refractivity contribution in [3.05, 3.63) is 0 Å². The molecule has 0 aliphatic carbocycles. The van der Waals surface area contributed by atoms with E-state index in [9.17, 15) is 0 Å². The van der Waals surface area contributed by atoms with Crippen LogP contribution in [0.15, 0.2) is 0 Å². The summed E-state index contributed by atoms with van der Waals surface area (Å²) in [6.45, 7) is 14.2. The molecule has 0 aliphatic rings. The van der Waals surface area contributed by atoms with Crippen molar-refractivity contribution in [1.82, 2.24) is 4.90 Å². The highest BCUT2D eigenvalue weighted by Crippen LogP contribution is 2.22. The second kappa shape index (κ2) is 8.15. The molecule has 15 heavy (non-hydrogen) atoms. The molecule has 0 rings (SSSR count). The van der Waals surface area contributed by atoms with Crippen LogP contribution in [0.1, 0.15) is 73.1 Å². The van der Waals surface area contributed by atoms with E-state index in [2.05, 4.69) is 39.5 Å². The summed E-state index contributed by atoms with van der Waals surface area (Å²) in [5, 5.41) is 0. The van der Waals surface area contributed by atoms with Crippen molar-refractivity contribution < 1.29 is 0 Å². The smallest absolute Gasteiger partial charge is 0.0153 e. The van der Waals surface area contributed by atoms with Gasteiger partial charge in [-0.25, -0.2) is 0 Å². The fourth-order valence-electron chi connectivity index (χ4n) is 2.22. The zero-order valence-corrected chi connectivity index (χ0v) is 11.6. The van der Waals surface area contributed by atoms with Gasteiger partial charge in [0.25, 0.3) is 0 Å². The summed E-state index contributed by atoms with van der Waals surface area (Å²) in [5.41, 5.74) is 0.404. The van der Waals surface area contributed by atoms with Crippen LogP contribution in [0.25, 0.3) is 0 Å². The quantitative estimate of drug-likeness (QED) is 0.511. The Kier molecular flexibility index (Phi) is 8.13. The van der Waals surface area contributed by atoms with E-state index in [0.717, 1.165) is 0 Å². The van der Waals surface area contributed by atoms with Crippen LogP contribution in [0, 0.1) is 0 Å². The van der Waals surface area contributed by atoms with Crippen molar-refractivity contribution in [1.29, 1.82) is 0 Å². The number of hydrogen-bond acceptors (Lipinski definition) is 1. The molecule has 0 saturated carbocycles. The maximum atomic E-state index is 2.67. The van der Waals surface area contributed by atoms with Gasteiger partial charge in [-0.15, -0.1) is 0 Å². The van der Waals surface area contributed by atoms with Crippen molar-refractivity contribution in [2.45, 2.75) is 78.7 Å². The van der Waals surface area contributed by atoms with Gasteiger partial charge in [0.1, 0.15) is 0 Å². The number of rotatable bonds is 9. The molecule has 0 aromatic carbocycles. The Bertz CT molecular complexity index is 134. The lowest BCUT2D eigenvalue weighted by molar-refractivity contribution is 0.108.